The minimum atomic E-state index is -0.191. The van der Waals surface area contributed by atoms with Crippen LogP contribution in [0.5, 0.6) is 0 Å². The predicted molar refractivity (Wildman–Crippen MR) is 53.7 cm³/mol. The van der Waals surface area contributed by atoms with Crippen molar-refractivity contribution in [1.29, 1.82) is 0 Å². The smallest absolute Gasteiger partial charge is 0.249 e. The minimum Gasteiger partial charge on any atom is -0.324 e. The van der Waals surface area contributed by atoms with Crippen molar-refractivity contribution in [2.24, 2.45) is 11.7 Å². The highest BCUT2D eigenvalue weighted by Gasteiger charge is 2.23. The van der Waals surface area contributed by atoms with Gasteiger partial charge >= 0.3 is 0 Å². The molecule has 0 bridgehead atoms. The highest BCUT2D eigenvalue weighted by Crippen LogP contribution is 2.17. The quantitative estimate of drug-likeness (QED) is 0.647. The average molecular weight is 205 g/mol. The molecule has 1 amide bonds. The third-order valence-corrected chi connectivity index (χ3v) is 2.17. The van der Waals surface area contributed by atoms with Crippen molar-refractivity contribution in [2.45, 2.75) is 12.5 Å². The molecule has 1 aliphatic carbocycles. The molecular formula is C9H11N5O. The second-order valence-corrected chi connectivity index (χ2v) is 3.35. The van der Waals surface area contributed by atoms with Gasteiger partial charge in [-0.05, 0) is 6.42 Å². The maximum absolute atomic E-state index is 11.6. The van der Waals surface area contributed by atoms with E-state index in [0.717, 1.165) is 0 Å². The first-order valence-corrected chi connectivity index (χ1v) is 4.64. The molecule has 1 aromatic rings. The van der Waals surface area contributed by atoms with Crippen LogP contribution >= 0.6 is 0 Å². The molecular weight excluding hydrogens is 194 g/mol. The second-order valence-electron chi connectivity index (χ2n) is 3.35. The molecule has 0 radical (unpaired) electrons. The van der Waals surface area contributed by atoms with E-state index in [9.17, 15) is 4.79 Å². The Kier molecular flexibility index (Phi) is 2.68. The van der Waals surface area contributed by atoms with E-state index in [0.29, 0.717) is 6.42 Å². The summed E-state index contributed by atoms with van der Waals surface area (Å²) in [5, 5.41) is 9.84. The van der Waals surface area contributed by atoms with Gasteiger partial charge in [0.05, 0.1) is 18.3 Å². The van der Waals surface area contributed by atoms with Gasteiger partial charge in [-0.25, -0.2) is 4.98 Å². The Morgan fingerprint density at radius 1 is 1.47 bits per heavy atom. The van der Waals surface area contributed by atoms with Crippen LogP contribution < -0.4 is 11.1 Å². The zero-order valence-electron chi connectivity index (χ0n) is 8.00. The van der Waals surface area contributed by atoms with Gasteiger partial charge in [-0.15, -0.1) is 5.10 Å². The molecule has 0 spiro atoms. The molecule has 78 valence electrons. The minimum absolute atomic E-state index is 0.0319. The number of carbonyl (C=O) groups is 1. The SMILES string of the molecule is NC1C=CC(C(=O)Nc2nccnn2)C1. The third-order valence-electron chi connectivity index (χ3n) is 2.17. The first-order chi connectivity index (χ1) is 7.25. The molecule has 0 fully saturated rings. The summed E-state index contributed by atoms with van der Waals surface area (Å²) in [5.74, 6) is -0.118. The Morgan fingerprint density at radius 2 is 2.33 bits per heavy atom. The normalized spacial score (nSPS) is 24.1. The number of nitrogens with two attached hydrogens (primary N) is 1. The van der Waals surface area contributed by atoms with Crippen molar-refractivity contribution in [3.05, 3.63) is 24.5 Å². The second kappa shape index (κ2) is 4.14. The lowest BCUT2D eigenvalue weighted by Gasteiger charge is -2.08. The number of rotatable bonds is 2. The molecule has 1 aliphatic rings. The highest BCUT2D eigenvalue weighted by molar-refractivity contribution is 5.92. The number of nitrogens with one attached hydrogen (secondary N) is 1. The summed E-state index contributed by atoms with van der Waals surface area (Å²) in [6.07, 6.45) is 7.18. The van der Waals surface area contributed by atoms with Gasteiger partial charge in [0.1, 0.15) is 0 Å². The highest BCUT2D eigenvalue weighted by atomic mass is 16.2. The van der Waals surface area contributed by atoms with E-state index in [2.05, 4.69) is 20.5 Å². The maximum Gasteiger partial charge on any atom is 0.249 e. The summed E-state index contributed by atoms with van der Waals surface area (Å²) in [7, 11) is 0. The fourth-order valence-electron chi connectivity index (χ4n) is 1.43. The van der Waals surface area contributed by atoms with E-state index in [1.807, 2.05) is 6.08 Å². The number of carbonyl (C=O) groups excluding carboxylic acids is 1. The summed E-state index contributed by atoms with van der Waals surface area (Å²) in [5.41, 5.74) is 5.65. The van der Waals surface area contributed by atoms with Crippen LogP contribution in [0.25, 0.3) is 0 Å². The van der Waals surface area contributed by atoms with E-state index < -0.39 is 0 Å². The number of nitrogens with zero attached hydrogens (tertiary/aromatic N) is 3. The topological polar surface area (TPSA) is 93.8 Å². The summed E-state index contributed by atoms with van der Waals surface area (Å²) < 4.78 is 0. The van der Waals surface area contributed by atoms with Crippen LogP contribution in [0, 0.1) is 5.92 Å². The standard InChI is InChI=1S/C9H11N5O/c10-7-2-1-6(5-7)8(15)13-9-11-3-4-12-14-9/h1-4,6-7H,5,10H2,(H,11,13,14,15). The molecule has 6 nitrogen and oxygen atoms in total. The van der Waals surface area contributed by atoms with Gasteiger partial charge in [0, 0.05) is 6.04 Å². The van der Waals surface area contributed by atoms with E-state index in [4.69, 9.17) is 5.73 Å². The number of hydrogen-bond acceptors (Lipinski definition) is 5. The lowest BCUT2D eigenvalue weighted by molar-refractivity contribution is -0.118. The average Bonchev–Trinajstić information content (AvgIpc) is 2.66. The fourth-order valence-corrected chi connectivity index (χ4v) is 1.43. The molecule has 3 N–H and O–H groups in total. The molecule has 0 saturated carbocycles. The van der Waals surface area contributed by atoms with E-state index in [1.54, 1.807) is 6.08 Å². The summed E-state index contributed by atoms with van der Waals surface area (Å²) >= 11 is 0. The van der Waals surface area contributed by atoms with Crippen molar-refractivity contribution < 1.29 is 4.79 Å². The van der Waals surface area contributed by atoms with Crippen LogP contribution in [0.2, 0.25) is 0 Å². The van der Waals surface area contributed by atoms with Gasteiger partial charge in [0.25, 0.3) is 0 Å². The molecule has 6 heteroatoms. The van der Waals surface area contributed by atoms with E-state index in [-0.39, 0.29) is 23.8 Å². The molecule has 0 aliphatic heterocycles. The fraction of sp³-hybridized carbons (Fsp3) is 0.333. The van der Waals surface area contributed by atoms with Crippen LogP contribution in [0.1, 0.15) is 6.42 Å². The van der Waals surface area contributed by atoms with Crippen LogP contribution in [-0.4, -0.2) is 27.1 Å². The number of anilines is 1. The van der Waals surface area contributed by atoms with Crippen LogP contribution in [0.4, 0.5) is 5.95 Å². The van der Waals surface area contributed by atoms with Gasteiger partial charge < -0.3 is 5.73 Å². The molecule has 1 heterocycles. The first kappa shape index (κ1) is 9.72. The number of hydrogen-bond donors (Lipinski definition) is 2. The molecule has 2 rings (SSSR count). The van der Waals surface area contributed by atoms with Gasteiger partial charge in [-0.1, -0.05) is 12.2 Å². The number of aromatic nitrogens is 3. The van der Waals surface area contributed by atoms with Crippen molar-refractivity contribution in [2.75, 3.05) is 5.32 Å². The van der Waals surface area contributed by atoms with E-state index >= 15 is 0 Å². The Hall–Kier alpha value is -1.82. The van der Waals surface area contributed by atoms with Crippen LogP contribution in [0.15, 0.2) is 24.5 Å². The summed E-state index contributed by atoms with van der Waals surface area (Å²) in [6, 6.07) is -0.0319. The predicted octanol–water partition coefficient (Wildman–Crippen LogP) is -0.287. The Balaban J connectivity index is 1.96. The Morgan fingerprint density at radius 3 is 2.93 bits per heavy atom. The van der Waals surface area contributed by atoms with Crippen molar-refractivity contribution in [1.82, 2.24) is 15.2 Å². The lowest BCUT2D eigenvalue weighted by atomic mass is 10.1. The van der Waals surface area contributed by atoms with Crippen LogP contribution in [-0.2, 0) is 4.79 Å². The molecule has 15 heavy (non-hydrogen) atoms. The van der Waals surface area contributed by atoms with Crippen molar-refractivity contribution in [3.8, 4) is 0 Å². The molecule has 2 atom stereocenters. The van der Waals surface area contributed by atoms with Gasteiger partial charge in [-0.2, -0.15) is 5.10 Å². The van der Waals surface area contributed by atoms with Crippen molar-refractivity contribution in [3.63, 3.8) is 0 Å². The summed E-state index contributed by atoms with van der Waals surface area (Å²) in [4.78, 5) is 15.5. The maximum atomic E-state index is 11.6. The lowest BCUT2D eigenvalue weighted by Crippen LogP contribution is -2.24. The third kappa shape index (κ3) is 2.35. The molecule has 0 saturated heterocycles. The Labute approximate surface area is 86.6 Å². The van der Waals surface area contributed by atoms with Gasteiger partial charge in [0.2, 0.25) is 11.9 Å². The van der Waals surface area contributed by atoms with E-state index in [1.165, 1.54) is 12.4 Å². The Bertz CT molecular complexity index is 377. The zero-order chi connectivity index (χ0) is 10.7. The largest absolute Gasteiger partial charge is 0.324 e. The molecule has 1 aromatic heterocycles. The number of amides is 1. The first-order valence-electron chi connectivity index (χ1n) is 4.64. The van der Waals surface area contributed by atoms with Gasteiger partial charge in [-0.3, -0.25) is 10.1 Å². The van der Waals surface area contributed by atoms with Gasteiger partial charge in [0.15, 0.2) is 0 Å². The zero-order valence-corrected chi connectivity index (χ0v) is 8.00. The molecule has 0 aromatic carbocycles. The van der Waals surface area contributed by atoms with Crippen molar-refractivity contribution >= 4 is 11.9 Å². The molecule has 2 unspecified atom stereocenters. The monoisotopic (exact) mass is 205 g/mol. The van der Waals surface area contributed by atoms with Crippen LogP contribution in [0.3, 0.4) is 0 Å². The summed E-state index contributed by atoms with van der Waals surface area (Å²) in [6.45, 7) is 0.